The van der Waals surface area contributed by atoms with Crippen molar-refractivity contribution >= 4 is 0 Å². The van der Waals surface area contributed by atoms with Crippen LogP contribution in [-0.2, 0) is 13.6 Å². The lowest BCUT2D eigenvalue weighted by Crippen LogP contribution is -2.49. The Morgan fingerprint density at radius 2 is 2.29 bits per heavy atom. The van der Waals surface area contributed by atoms with E-state index < -0.39 is 0 Å². The first-order chi connectivity index (χ1) is 8.03. The van der Waals surface area contributed by atoms with E-state index in [9.17, 15) is 0 Å². The number of hydrogen-bond donors (Lipinski definition) is 1. The lowest BCUT2D eigenvalue weighted by atomic mass is 9.92. The molecule has 1 heterocycles. The Hall–Kier alpha value is -0.870. The molecule has 1 aliphatic carbocycles. The molecule has 1 saturated carbocycles. The normalized spacial score (nSPS) is 19.6. The van der Waals surface area contributed by atoms with Crippen LogP contribution in [0, 0.1) is 5.92 Å². The molecule has 0 bridgehead atoms. The number of hydrogen-bond acceptors (Lipinski definition) is 3. The van der Waals surface area contributed by atoms with Gasteiger partial charge in [0.15, 0.2) is 0 Å². The van der Waals surface area contributed by atoms with E-state index in [0.717, 1.165) is 19.0 Å². The van der Waals surface area contributed by atoms with E-state index in [2.05, 4.69) is 30.2 Å². The maximum Gasteiger partial charge on any atom is 0.0534 e. The van der Waals surface area contributed by atoms with Crippen LogP contribution < -0.4 is 5.73 Å². The fourth-order valence-electron chi connectivity index (χ4n) is 2.36. The molecule has 4 heteroatoms. The SMILES string of the molecule is CN(Cc1cnn(C)c1)C(C)(CN)CC1CC1. The third-order valence-corrected chi connectivity index (χ3v) is 3.96. The molecule has 0 saturated heterocycles. The van der Waals surface area contributed by atoms with Crippen LogP contribution >= 0.6 is 0 Å². The molecule has 2 rings (SSSR count). The third-order valence-electron chi connectivity index (χ3n) is 3.96. The fourth-order valence-corrected chi connectivity index (χ4v) is 2.36. The van der Waals surface area contributed by atoms with Crippen molar-refractivity contribution in [1.82, 2.24) is 14.7 Å². The van der Waals surface area contributed by atoms with Gasteiger partial charge in [0.2, 0.25) is 0 Å². The van der Waals surface area contributed by atoms with Gasteiger partial charge in [-0.3, -0.25) is 9.58 Å². The highest BCUT2D eigenvalue weighted by atomic mass is 15.2. The van der Waals surface area contributed by atoms with Gasteiger partial charge in [0.1, 0.15) is 0 Å². The Morgan fingerprint density at radius 1 is 1.59 bits per heavy atom. The van der Waals surface area contributed by atoms with Crippen LogP contribution in [0.5, 0.6) is 0 Å². The van der Waals surface area contributed by atoms with Gasteiger partial charge in [0.05, 0.1) is 6.20 Å². The van der Waals surface area contributed by atoms with Crippen LogP contribution in [0.3, 0.4) is 0 Å². The van der Waals surface area contributed by atoms with Gasteiger partial charge in [-0.2, -0.15) is 5.10 Å². The molecule has 0 aliphatic heterocycles. The topological polar surface area (TPSA) is 47.1 Å². The minimum Gasteiger partial charge on any atom is -0.329 e. The second-order valence-corrected chi connectivity index (χ2v) is 5.73. The van der Waals surface area contributed by atoms with Crippen molar-refractivity contribution in [2.75, 3.05) is 13.6 Å². The summed E-state index contributed by atoms with van der Waals surface area (Å²) in [7, 11) is 4.12. The lowest BCUT2D eigenvalue weighted by molar-refractivity contribution is 0.119. The van der Waals surface area contributed by atoms with Crippen molar-refractivity contribution in [3.63, 3.8) is 0 Å². The first-order valence-corrected chi connectivity index (χ1v) is 6.42. The maximum atomic E-state index is 5.98. The minimum atomic E-state index is 0.122. The summed E-state index contributed by atoms with van der Waals surface area (Å²) < 4.78 is 1.85. The molecule has 0 amide bonds. The van der Waals surface area contributed by atoms with E-state index in [1.807, 2.05) is 17.9 Å². The van der Waals surface area contributed by atoms with Crippen LogP contribution in [0.15, 0.2) is 12.4 Å². The standard InChI is InChI=1S/C13H24N4/c1-13(10-14,6-11-4-5-11)16(2)8-12-7-15-17(3)9-12/h7,9,11H,4-6,8,10,14H2,1-3H3. The molecule has 1 aliphatic rings. The van der Waals surface area contributed by atoms with Crippen molar-refractivity contribution in [3.05, 3.63) is 18.0 Å². The van der Waals surface area contributed by atoms with Gasteiger partial charge >= 0.3 is 0 Å². The number of rotatable bonds is 6. The summed E-state index contributed by atoms with van der Waals surface area (Å²) in [6.45, 7) is 3.93. The molecular weight excluding hydrogens is 212 g/mol. The smallest absolute Gasteiger partial charge is 0.0534 e. The average Bonchev–Trinajstić information content (AvgIpc) is 3.01. The number of nitrogens with two attached hydrogens (primary N) is 1. The van der Waals surface area contributed by atoms with E-state index in [-0.39, 0.29) is 5.54 Å². The summed E-state index contributed by atoms with van der Waals surface area (Å²) >= 11 is 0. The van der Waals surface area contributed by atoms with Crippen molar-refractivity contribution in [2.45, 2.75) is 38.3 Å². The van der Waals surface area contributed by atoms with Crippen LogP contribution in [-0.4, -0.2) is 33.8 Å². The summed E-state index contributed by atoms with van der Waals surface area (Å²) in [6.07, 6.45) is 8.00. The van der Waals surface area contributed by atoms with Crippen molar-refractivity contribution in [2.24, 2.45) is 18.7 Å². The highest BCUT2D eigenvalue weighted by Crippen LogP contribution is 2.38. The molecule has 4 nitrogen and oxygen atoms in total. The summed E-state index contributed by atoms with van der Waals surface area (Å²) in [5.41, 5.74) is 7.36. The Morgan fingerprint density at radius 3 is 2.76 bits per heavy atom. The van der Waals surface area contributed by atoms with E-state index in [1.54, 1.807) is 0 Å². The van der Waals surface area contributed by atoms with E-state index in [1.165, 1.54) is 24.8 Å². The molecule has 1 aromatic rings. The predicted octanol–water partition coefficient (Wildman–Crippen LogP) is 1.37. The second-order valence-electron chi connectivity index (χ2n) is 5.73. The van der Waals surface area contributed by atoms with Crippen LogP contribution in [0.25, 0.3) is 0 Å². The predicted molar refractivity (Wildman–Crippen MR) is 69.5 cm³/mol. The summed E-state index contributed by atoms with van der Waals surface area (Å²) in [5, 5.41) is 4.21. The zero-order chi connectivity index (χ0) is 12.5. The molecule has 96 valence electrons. The molecule has 0 spiro atoms. The zero-order valence-electron chi connectivity index (χ0n) is 11.2. The molecule has 2 N–H and O–H groups in total. The Bertz CT molecular complexity index is 369. The number of likely N-dealkylation sites (N-methyl/N-ethyl adjacent to an activating group) is 1. The van der Waals surface area contributed by atoms with E-state index >= 15 is 0 Å². The largest absolute Gasteiger partial charge is 0.329 e. The zero-order valence-corrected chi connectivity index (χ0v) is 11.2. The quantitative estimate of drug-likeness (QED) is 0.811. The highest BCUT2D eigenvalue weighted by Gasteiger charge is 2.35. The second kappa shape index (κ2) is 4.78. The molecule has 17 heavy (non-hydrogen) atoms. The maximum absolute atomic E-state index is 5.98. The third kappa shape index (κ3) is 3.07. The summed E-state index contributed by atoms with van der Waals surface area (Å²) in [6, 6.07) is 0. The fraction of sp³-hybridized carbons (Fsp3) is 0.769. The first-order valence-electron chi connectivity index (χ1n) is 6.42. The molecule has 0 aromatic carbocycles. The average molecular weight is 236 g/mol. The molecule has 1 unspecified atom stereocenters. The van der Waals surface area contributed by atoms with E-state index in [4.69, 9.17) is 5.73 Å². The Balaban J connectivity index is 1.98. The van der Waals surface area contributed by atoms with Crippen molar-refractivity contribution in [1.29, 1.82) is 0 Å². The Labute approximate surface area is 104 Å². The summed E-state index contributed by atoms with van der Waals surface area (Å²) in [5.74, 6) is 0.903. The minimum absolute atomic E-state index is 0.122. The van der Waals surface area contributed by atoms with Crippen LogP contribution in [0.4, 0.5) is 0 Å². The highest BCUT2D eigenvalue weighted by molar-refractivity contribution is 5.05. The molecule has 1 fully saturated rings. The van der Waals surface area contributed by atoms with Crippen LogP contribution in [0.2, 0.25) is 0 Å². The number of aromatic nitrogens is 2. The van der Waals surface area contributed by atoms with Crippen molar-refractivity contribution < 1.29 is 0 Å². The van der Waals surface area contributed by atoms with Gasteiger partial charge in [0, 0.05) is 37.4 Å². The van der Waals surface area contributed by atoms with Gasteiger partial charge in [-0.15, -0.1) is 0 Å². The van der Waals surface area contributed by atoms with Gasteiger partial charge in [0.25, 0.3) is 0 Å². The molecule has 1 atom stereocenters. The Kier molecular flexibility index (Phi) is 3.54. The van der Waals surface area contributed by atoms with Crippen molar-refractivity contribution in [3.8, 4) is 0 Å². The lowest BCUT2D eigenvalue weighted by Gasteiger charge is -2.38. The van der Waals surface area contributed by atoms with Gasteiger partial charge in [-0.25, -0.2) is 0 Å². The van der Waals surface area contributed by atoms with Gasteiger partial charge in [-0.1, -0.05) is 12.8 Å². The number of aryl methyl sites for hydroxylation is 1. The molecule has 1 aromatic heterocycles. The number of nitrogens with zero attached hydrogens (tertiary/aromatic N) is 3. The van der Waals surface area contributed by atoms with Gasteiger partial charge < -0.3 is 5.73 Å². The monoisotopic (exact) mass is 236 g/mol. The summed E-state index contributed by atoms with van der Waals surface area (Å²) in [4.78, 5) is 2.38. The molecule has 0 radical (unpaired) electrons. The van der Waals surface area contributed by atoms with E-state index in [0.29, 0.717) is 0 Å². The van der Waals surface area contributed by atoms with Crippen LogP contribution in [0.1, 0.15) is 31.7 Å². The molecular formula is C13H24N4. The first kappa shape index (κ1) is 12.6. The van der Waals surface area contributed by atoms with Gasteiger partial charge in [-0.05, 0) is 26.3 Å².